The Labute approximate surface area is 235 Å². The van der Waals surface area contributed by atoms with Crippen molar-refractivity contribution in [2.24, 2.45) is 11.6 Å². The van der Waals surface area contributed by atoms with Crippen LogP contribution in [0.1, 0.15) is 55.5 Å². The van der Waals surface area contributed by atoms with Gasteiger partial charge in [0, 0.05) is 34.3 Å². The van der Waals surface area contributed by atoms with Crippen molar-refractivity contribution in [1.82, 2.24) is 15.2 Å². The molecule has 1 aliphatic rings. The van der Waals surface area contributed by atoms with Crippen LogP contribution in [0.2, 0.25) is 0 Å². The summed E-state index contributed by atoms with van der Waals surface area (Å²) in [5, 5.41) is 21.1. The summed E-state index contributed by atoms with van der Waals surface area (Å²) in [5.41, 5.74) is 7.79. The molecule has 5 rings (SSSR count). The number of halogens is 3. The van der Waals surface area contributed by atoms with Gasteiger partial charge in [-0.15, -0.1) is 5.10 Å². The fraction of sp³-hybridized carbons (Fsp3) is 0.300. The molecular formula is C30H32F3N6O2+. The molecule has 3 heterocycles. The average Bonchev–Trinajstić information content (AvgIpc) is 2.91. The summed E-state index contributed by atoms with van der Waals surface area (Å²) in [7, 11) is 0. The molecule has 2 atom stereocenters. The van der Waals surface area contributed by atoms with Crippen LogP contribution in [-0.4, -0.2) is 33.5 Å². The van der Waals surface area contributed by atoms with E-state index in [9.17, 15) is 9.50 Å². The Morgan fingerprint density at radius 2 is 1.85 bits per heavy atom. The highest BCUT2D eigenvalue weighted by molar-refractivity contribution is 5.88. The first-order valence-corrected chi connectivity index (χ1v) is 13.2. The van der Waals surface area contributed by atoms with E-state index < -0.39 is 29.4 Å². The van der Waals surface area contributed by atoms with Crippen LogP contribution in [0, 0.1) is 18.6 Å². The van der Waals surface area contributed by atoms with Gasteiger partial charge in [0.15, 0.2) is 11.6 Å². The second-order valence-corrected chi connectivity index (χ2v) is 10.7. The van der Waals surface area contributed by atoms with Crippen LogP contribution in [0.5, 0.6) is 5.75 Å². The number of aromatic nitrogens is 3. The van der Waals surface area contributed by atoms with Gasteiger partial charge < -0.3 is 20.6 Å². The monoisotopic (exact) mass is 565 g/mol. The van der Waals surface area contributed by atoms with Crippen LogP contribution in [-0.2, 0) is 5.60 Å². The van der Waals surface area contributed by atoms with E-state index in [0.717, 1.165) is 11.1 Å². The number of hydrogen-bond acceptors (Lipinski definition) is 7. The molecule has 0 fully saturated rings. The molecule has 214 valence electrons. The van der Waals surface area contributed by atoms with Gasteiger partial charge in [-0.05, 0) is 70.2 Å². The maximum atomic E-state index is 15.7. The lowest BCUT2D eigenvalue weighted by Crippen LogP contribution is -2.60. The Bertz CT molecular complexity index is 1650. The highest BCUT2D eigenvalue weighted by Gasteiger charge is 2.53. The van der Waals surface area contributed by atoms with E-state index in [4.69, 9.17) is 16.3 Å². The van der Waals surface area contributed by atoms with Crippen LogP contribution in [0.15, 0.2) is 54.7 Å². The highest BCUT2D eigenvalue weighted by Crippen LogP contribution is 2.41. The summed E-state index contributed by atoms with van der Waals surface area (Å²) in [6.45, 7) is 7.02. The Hall–Kier alpha value is -4.22. The zero-order valence-electron chi connectivity index (χ0n) is 23.2. The fourth-order valence-electron chi connectivity index (χ4n) is 5.13. The summed E-state index contributed by atoms with van der Waals surface area (Å²) in [5.74, 6) is 4.77. The van der Waals surface area contributed by atoms with Crippen molar-refractivity contribution in [2.45, 2.75) is 45.5 Å². The van der Waals surface area contributed by atoms with E-state index in [1.807, 2.05) is 26.0 Å². The largest absolute Gasteiger partial charge is 0.491 e. The normalized spacial score (nSPS) is 16.9. The molecule has 0 spiro atoms. The molecule has 2 aromatic heterocycles. The zero-order valence-corrected chi connectivity index (χ0v) is 23.2. The van der Waals surface area contributed by atoms with Crippen LogP contribution in [0.25, 0.3) is 27.9 Å². The van der Waals surface area contributed by atoms with Gasteiger partial charge in [-0.2, -0.15) is 18.4 Å². The second kappa shape index (κ2) is 10.6. The van der Waals surface area contributed by atoms with E-state index in [2.05, 4.69) is 10.2 Å². The Morgan fingerprint density at radius 3 is 2.51 bits per heavy atom. The minimum atomic E-state index is -1.62. The Morgan fingerprint density at radius 1 is 1.15 bits per heavy atom. The van der Waals surface area contributed by atoms with E-state index in [1.54, 1.807) is 6.07 Å². The van der Waals surface area contributed by atoms with Crippen molar-refractivity contribution in [3.63, 3.8) is 0 Å². The van der Waals surface area contributed by atoms with Crippen LogP contribution in [0.3, 0.4) is 0 Å². The molecule has 11 heteroatoms. The van der Waals surface area contributed by atoms with Crippen LogP contribution in [0.4, 0.5) is 13.2 Å². The number of benzene rings is 2. The number of hydrogen-bond donors (Lipinski definition) is 3. The molecule has 4 aromatic rings. The molecule has 41 heavy (non-hydrogen) atoms. The molecule has 8 nitrogen and oxygen atoms in total. The first-order valence-electron chi connectivity index (χ1n) is 13.2. The van der Waals surface area contributed by atoms with E-state index in [0.29, 0.717) is 34.8 Å². The highest BCUT2D eigenvalue weighted by atomic mass is 19.1. The summed E-state index contributed by atoms with van der Waals surface area (Å²) >= 11 is 0. The smallest absolute Gasteiger partial charge is 0.314 e. The van der Waals surface area contributed by atoms with E-state index in [1.165, 1.54) is 60.0 Å². The zero-order chi connectivity index (χ0) is 29.6. The number of aliphatic hydroxyl groups is 1. The molecule has 0 amide bonds. The maximum Gasteiger partial charge on any atom is 0.314 e. The van der Waals surface area contributed by atoms with Gasteiger partial charge in [-0.25, -0.2) is 10.2 Å². The SMILES string of the molecule is CCOc1cc(/C(N)=C/N(N)CC2c3cc(C(C)(C)O)c(F)c(-c4ccc(F)cc4)[n+]3C2F)cc2cc(C)nnc12. The third kappa shape index (κ3) is 5.30. The van der Waals surface area contributed by atoms with Gasteiger partial charge >= 0.3 is 6.30 Å². The summed E-state index contributed by atoms with van der Waals surface area (Å²) in [4.78, 5) is 0. The average molecular weight is 566 g/mol. The number of alkyl halides is 1. The Kier molecular flexibility index (Phi) is 7.35. The topological polar surface area (TPSA) is 114 Å². The van der Waals surface area contributed by atoms with Crippen molar-refractivity contribution in [3.05, 3.63) is 88.9 Å². The summed E-state index contributed by atoms with van der Waals surface area (Å²) in [6.07, 6.45) is -0.127. The van der Waals surface area contributed by atoms with Gasteiger partial charge in [0.05, 0.1) is 30.1 Å². The first kappa shape index (κ1) is 28.3. The quantitative estimate of drug-likeness (QED) is 0.164. The Balaban J connectivity index is 1.48. The molecule has 0 aliphatic carbocycles. The van der Waals surface area contributed by atoms with Crippen LogP contribution < -0.4 is 20.9 Å². The van der Waals surface area contributed by atoms with Crippen molar-refractivity contribution < 1.29 is 27.6 Å². The lowest BCUT2D eigenvalue weighted by Gasteiger charge is -2.33. The van der Waals surface area contributed by atoms with Crippen molar-refractivity contribution >= 4 is 16.6 Å². The second-order valence-electron chi connectivity index (χ2n) is 10.7. The summed E-state index contributed by atoms with van der Waals surface area (Å²) < 4.78 is 51.9. The molecule has 5 N–H and O–H groups in total. The number of pyridine rings is 1. The van der Waals surface area contributed by atoms with Gasteiger partial charge in [0.2, 0.25) is 5.82 Å². The molecule has 0 saturated heterocycles. The van der Waals surface area contributed by atoms with E-state index in [-0.39, 0.29) is 23.4 Å². The number of aryl methyl sites for hydroxylation is 1. The molecular weight excluding hydrogens is 533 g/mol. The van der Waals surface area contributed by atoms with Crippen molar-refractivity contribution in [3.8, 4) is 17.0 Å². The minimum Gasteiger partial charge on any atom is -0.491 e. The third-order valence-corrected chi connectivity index (χ3v) is 7.11. The van der Waals surface area contributed by atoms with Crippen molar-refractivity contribution in [1.29, 1.82) is 0 Å². The maximum absolute atomic E-state index is 15.7. The lowest BCUT2D eigenvalue weighted by atomic mass is 9.86. The predicted octanol–water partition coefficient (Wildman–Crippen LogP) is 4.50. The molecule has 0 radical (unpaired) electrons. The minimum absolute atomic E-state index is 0.00314. The number of nitrogens with two attached hydrogens (primary N) is 2. The number of hydrazine groups is 1. The number of fused-ring (bicyclic) bond motifs is 2. The fourth-order valence-corrected chi connectivity index (χ4v) is 5.13. The third-order valence-electron chi connectivity index (χ3n) is 7.11. The number of ether oxygens (including phenoxy) is 1. The van der Waals surface area contributed by atoms with Gasteiger partial charge in [0.1, 0.15) is 17.1 Å². The summed E-state index contributed by atoms with van der Waals surface area (Å²) in [6, 6.07) is 12.0. The standard InChI is InChI=1S/C30H32F3N6O2/c1-5-41-25-12-18(11-19-10-16(2)36-37-27(19)25)23(34)15-38(35)14-21-24-13-22(30(3,4)40)26(32)28(39(24)29(21)33)17-6-8-20(31)9-7-17/h6-13,15,21,29,40H,5,14,34-35H2,1-4H3/q+1/b23-15-. The molecule has 2 aromatic carbocycles. The van der Waals surface area contributed by atoms with Gasteiger partial charge in [-0.1, -0.05) is 0 Å². The van der Waals surface area contributed by atoms with Gasteiger partial charge in [-0.3, -0.25) is 0 Å². The van der Waals surface area contributed by atoms with Gasteiger partial charge in [0.25, 0.3) is 5.69 Å². The molecule has 2 unspecified atom stereocenters. The van der Waals surface area contributed by atoms with Crippen molar-refractivity contribution in [2.75, 3.05) is 13.2 Å². The predicted molar refractivity (Wildman–Crippen MR) is 149 cm³/mol. The molecule has 1 aliphatic heterocycles. The number of nitrogens with zero attached hydrogens (tertiary/aromatic N) is 4. The molecule has 0 saturated carbocycles. The van der Waals surface area contributed by atoms with E-state index >= 15 is 8.78 Å². The lowest BCUT2D eigenvalue weighted by molar-refractivity contribution is -0.791. The number of rotatable bonds is 8. The first-order chi connectivity index (χ1) is 19.4. The molecule has 0 bridgehead atoms. The van der Waals surface area contributed by atoms with Crippen LogP contribution >= 0.6 is 0 Å².